The Labute approximate surface area is 139 Å². The van der Waals surface area contributed by atoms with E-state index in [1.807, 2.05) is 6.20 Å². The number of rotatable bonds is 5. The van der Waals surface area contributed by atoms with E-state index in [9.17, 15) is 14.7 Å². The number of hydrogen-bond acceptors (Lipinski definition) is 4. The fourth-order valence-corrected chi connectivity index (χ4v) is 3.08. The second-order valence-corrected chi connectivity index (χ2v) is 5.93. The zero-order valence-electron chi connectivity index (χ0n) is 13.5. The van der Waals surface area contributed by atoms with Gasteiger partial charge in [0.2, 0.25) is 5.91 Å². The van der Waals surface area contributed by atoms with Crippen molar-refractivity contribution >= 4 is 11.9 Å². The third-order valence-electron chi connectivity index (χ3n) is 4.32. The van der Waals surface area contributed by atoms with E-state index in [0.717, 1.165) is 25.2 Å². The monoisotopic (exact) mass is 328 g/mol. The number of amides is 1. The average molecular weight is 328 g/mol. The summed E-state index contributed by atoms with van der Waals surface area (Å²) in [6.45, 7) is 2.23. The van der Waals surface area contributed by atoms with Crippen molar-refractivity contribution in [1.82, 2.24) is 19.8 Å². The normalized spacial score (nSPS) is 17.8. The summed E-state index contributed by atoms with van der Waals surface area (Å²) < 4.78 is 1.73. The number of aromatic nitrogens is 2. The van der Waals surface area contributed by atoms with Gasteiger partial charge in [0.25, 0.3) is 0 Å². The summed E-state index contributed by atoms with van der Waals surface area (Å²) in [4.78, 5) is 29.6. The number of aromatic carboxylic acids is 1. The molecule has 0 spiro atoms. The van der Waals surface area contributed by atoms with Gasteiger partial charge in [0.1, 0.15) is 0 Å². The van der Waals surface area contributed by atoms with Crippen molar-refractivity contribution in [3.63, 3.8) is 0 Å². The van der Waals surface area contributed by atoms with Crippen molar-refractivity contribution in [1.29, 1.82) is 0 Å². The lowest BCUT2D eigenvalue weighted by molar-refractivity contribution is -0.124. The first-order valence-electron chi connectivity index (χ1n) is 7.88. The number of carbonyl (C=O) groups excluding carboxylic acids is 1. The van der Waals surface area contributed by atoms with Gasteiger partial charge < -0.3 is 15.0 Å². The Hall–Kier alpha value is -2.67. The average Bonchev–Trinajstić information content (AvgIpc) is 3.24. The highest BCUT2D eigenvalue weighted by atomic mass is 16.4. The molecule has 2 aromatic rings. The summed E-state index contributed by atoms with van der Waals surface area (Å²) in [5.74, 6) is -0.850. The van der Waals surface area contributed by atoms with Crippen molar-refractivity contribution in [2.75, 3.05) is 20.1 Å². The number of para-hydroxylation sites is 1. The Balaban J connectivity index is 1.71. The third-order valence-corrected chi connectivity index (χ3v) is 4.32. The van der Waals surface area contributed by atoms with Crippen LogP contribution in [0.3, 0.4) is 0 Å². The summed E-state index contributed by atoms with van der Waals surface area (Å²) >= 11 is 0. The summed E-state index contributed by atoms with van der Waals surface area (Å²) in [6, 6.07) is 6.84. The van der Waals surface area contributed by atoms with Gasteiger partial charge in [-0.3, -0.25) is 9.69 Å². The van der Waals surface area contributed by atoms with Crippen molar-refractivity contribution in [2.45, 2.75) is 13.0 Å². The van der Waals surface area contributed by atoms with E-state index in [0.29, 0.717) is 12.2 Å². The quantitative estimate of drug-likeness (QED) is 0.859. The minimum Gasteiger partial charge on any atom is -0.478 e. The van der Waals surface area contributed by atoms with E-state index in [4.69, 9.17) is 0 Å². The number of hydrogen-bond donors (Lipinski definition) is 2. The van der Waals surface area contributed by atoms with Gasteiger partial charge in [-0.05, 0) is 25.1 Å². The molecular formula is C17H20N4O3. The number of carboxylic acid groups (broad SMARTS) is 1. The Morgan fingerprint density at radius 1 is 1.38 bits per heavy atom. The summed E-state index contributed by atoms with van der Waals surface area (Å²) in [5, 5.41) is 12.0. The van der Waals surface area contributed by atoms with Crippen molar-refractivity contribution in [2.24, 2.45) is 5.92 Å². The molecule has 3 rings (SSSR count). The van der Waals surface area contributed by atoms with Crippen LogP contribution in [0.25, 0.3) is 5.69 Å². The third kappa shape index (κ3) is 3.30. The molecule has 1 fully saturated rings. The molecule has 0 unspecified atom stereocenters. The molecule has 7 heteroatoms. The van der Waals surface area contributed by atoms with Crippen LogP contribution in [0, 0.1) is 5.92 Å². The van der Waals surface area contributed by atoms with Gasteiger partial charge in [-0.15, -0.1) is 0 Å². The molecule has 0 radical (unpaired) electrons. The molecule has 7 nitrogen and oxygen atoms in total. The zero-order valence-corrected chi connectivity index (χ0v) is 13.5. The highest BCUT2D eigenvalue weighted by Crippen LogP contribution is 2.20. The number of nitrogens with zero attached hydrogens (tertiary/aromatic N) is 3. The standard InChI is InChI=1S/C17H20N4O3/c1-18-16(22)12-6-7-20(8-12)9-13-10-21(11-19-13)15-5-3-2-4-14(15)17(23)24/h2-5,10-12H,6-9H2,1H3,(H,18,22)(H,23,24)/t12-/m0/s1. The van der Waals surface area contributed by atoms with E-state index >= 15 is 0 Å². The van der Waals surface area contributed by atoms with Gasteiger partial charge in [-0.2, -0.15) is 0 Å². The van der Waals surface area contributed by atoms with Crippen molar-refractivity contribution < 1.29 is 14.7 Å². The molecule has 0 aliphatic carbocycles. The Kier molecular flexibility index (Phi) is 4.61. The van der Waals surface area contributed by atoms with E-state index in [2.05, 4.69) is 15.2 Å². The van der Waals surface area contributed by atoms with Gasteiger partial charge in [0.15, 0.2) is 0 Å². The molecular weight excluding hydrogens is 308 g/mol. The molecule has 0 saturated carbocycles. The second kappa shape index (κ2) is 6.84. The Morgan fingerprint density at radius 2 is 2.17 bits per heavy atom. The topological polar surface area (TPSA) is 87.5 Å². The van der Waals surface area contributed by atoms with Crippen molar-refractivity contribution in [3.8, 4) is 5.69 Å². The van der Waals surface area contributed by atoms with Gasteiger partial charge in [-0.1, -0.05) is 12.1 Å². The van der Waals surface area contributed by atoms with Crippen molar-refractivity contribution in [3.05, 3.63) is 48.0 Å². The maximum atomic E-state index is 11.7. The zero-order chi connectivity index (χ0) is 17.1. The minimum atomic E-state index is -0.964. The lowest BCUT2D eigenvalue weighted by Crippen LogP contribution is -2.30. The number of imidazole rings is 1. The lowest BCUT2D eigenvalue weighted by Gasteiger charge is -2.13. The van der Waals surface area contributed by atoms with E-state index in [1.54, 1.807) is 42.2 Å². The molecule has 24 heavy (non-hydrogen) atoms. The Bertz CT molecular complexity index is 756. The molecule has 2 N–H and O–H groups in total. The number of benzene rings is 1. The number of carbonyl (C=O) groups is 2. The second-order valence-electron chi connectivity index (χ2n) is 5.93. The molecule has 1 aliphatic rings. The molecule has 1 aromatic heterocycles. The molecule has 2 heterocycles. The molecule has 0 bridgehead atoms. The van der Waals surface area contributed by atoms with Crippen LogP contribution in [0.15, 0.2) is 36.8 Å². The SMILES string of the molecule is CNC(=O)[C@H]1CCN(Cc2cn(-c3ccccc3C(=O)O)cn2)C1. The number of likely N-dealkylation sites (tertiary alicyclic amines) is 1. The summed E-state index contributed by atoms with van der Waals surface area (Å²) in [6.07, 6.45) is 4.32. The fourth-order valence-electron chi connectivity index (χ4n) is 3.08. The molecule has 1 saturated heterocycles. The van der Waals surface area contributed by atoms with Crippen LogP contribution in [0.2, 0.25) is 0 Å². The van der Waals surface area contributed by atoms with E-state index in [-0.39, 0.29) is 17.4 Å². The van der Waals surface area contributed by atoms with Crippen LogP contribution in [0.1, 0.15) is 22.5 Å². The van der Waals surface area contributed by atoms with Crippen LogP contribution in [-0.2, 0) is 11.3 Å². The predicted molar refractivity (Wildman–Crippen MR) is 88.0 cm³/mol. The first-order chi connectivity index (χ1) is 11.6. The fraction of sp³-hybridized carbons (Fsp3) is 0.353. The highest BCUT2D eigenvalue weighted by molar-refractivity contribution is 5.91. The smallest absolute Gasteiger partial charge is 0.337 e. The minimum absolute atomic E-state index is 0.0322. The first kappa shape index (κ1) is 16.2. The lowest BCUT2D eigenvalue weighted by atomic mass is 10.1. The first-order valence-corrected chi connectivity index (χ1v) is 7.88. The molecule has 1 aromatic carbocycles. The van der Waals surface area contributed by atoms with Gasteiger partial charge in [0, 0.05) is 26.3 Å². The van der Waals surface area contributed by atoms with Crippen LogP contribution in [0.5, 0.6) is 0 Å². The maximum Gasteiger partial charge on any atom is 0.337 e. The Morgan fingerprint density at radius 3 is 2.92 bits per heavy atom. The van der Waals surface area contributed by atoms with Crippen LogP contribution in [-0.4, -0.2) is 51.6 Å². The van der Waals surface area contributed by atoms with E-state index < -0.39 is 5.97 Å². The van der Waals surface area contributed by atoms with Crippen LogP contribution in [0.4, 0.5) is 0 Å². The molecule has 1 aliphatic heterocycles. The number of carboxylic acids is 1. The largest absolute Gasteiger partial charge is 0.478 e. The van der Waals surface area contributed by atoms with Gasteiger partial charge in [-0.25, -0.2) is 9.78 Å². The molecule has 1 amide bonds. The summed E-state index contributed by atoms with van der Waals surface area (Å²) in [5.41, 5.74) is 1.68. The molecule has 1 atom stereocenters. The maximum absolute atomic E-state index is 11.7. The van der Waals surface area contributed by atoms with Crippen LogP contribution < -0.4 is 5.32 Å². The summed E-state index contributed by atoms with van der Waals surface area (Å²) in [7, 11) is 1.66. The number of nitrogens with one attached hydrogen (secondary N) is 1. The predicted octanol–water partition coefficient (Wildman–Crippen LogP) is 1.14. The highest BCUT2D eigenvalue weighted by Gasteiger charge is 2.27. The molecule has 126 valence electrons. The van der Waals surface area contributed by atoms with E-state index in [1.165, 1.54) is 0 Å². The van der Waals surface area contributed by atoms with Gasteiger partial charge >= 0.3 is 5.97 Å². The van der Waals surface area contributed by atoms with Crippen LogP contribution >= 0.6 is 0 Å². The van der Waals surface area contributed by atoms with Gasteiger partial charge in [0.05, 0.1) is 29.2 Å².